The quantitative estimate of drug-likeness (QED) is 0.727. The maximum atomic E-state index is 10.9. The minimum absolute atomic E-state index is 0.0550. The molecule has 0 aliphatic carbocycles. The fraction of sp³-hybridized carbons (Fsp3) is 0.105. The first kappa shape index (κ1) is 14.9. The molecule has 0 N–H and O–H groups in total. The van der Waals surface area contributed by atoms with E-state index in [0.717, 1.165) is 16.3 Å². The summed E-state index contributed by atoms with van der Waals surface area (Å²) < 4.78 is 11.0. The van der Waals surface area contributed by atoms with E-state index in [2.05, 4.69) is 0 Å². The number of benzene rings is 3. The number of carbonyl (C=O) groups excluding carboxylic acids is 1. The number of aromatic carboxylic acids is 1. The third kappa shape index (κ3) is 3.11. The highest BCUT2D eigenvalue weighted by Gasteiger charge is 2.08. The van der Waals surface area contributed by atoms with Crippen molar-refractivity contribution in [2.45, 2.75) is 6.61 Å². The van der Waals surface area contributed by atoms with Gasteiger partial charge in [0.15, 0.2) is 11.5 Å². The van der Waals surface area contributed by atoms with Gasteiger partial charge >= 0.3 is 0 Å². The number of carboxylic acids is 1. The van der Waals surface area contributed by atoms with E-state index < -0.39 is 5.97 Å². The maximum absolute atomic E-state index is 10.9. The highest BCUT2D eigenvalue weighted by Crippen LogP contribution is 2.29. The zero-order chi connectivity index (χ0) is 16.2. The molecule has 0 bridgehead atoms. The van der Waals surface area contributed by atoms with Crippen molar-refractivity contribution in [2.24, 2.45) is 0 Å². The average molecular weight is 307 g/mol. The highest BCUT2D eigenvalue weighted by atomic mass is 16.5. The van der Waals surface area contributed by atoms with Crippen LogP contribution >= 0.6 is 0 Å². The Morgan fingerprint density at radius 3 is 2.57 bits per heavy atom. The second kappa shape index (κ2) is 6.40. The van der Waals surface area contributed by atoms with Crippen LogP contribution in [0.4, 0.5) is 0 Å². The van der Waals surface area contributed by atoms with Gasteiger partial charge in [0.1, 0.15) is 6.61 Å². The molecule has 3 aromatic rings. The molecule has 4 heteroatoms. The molecule has 0 saturated heterocycles. The number of carboxylic acid groups (broad SMARTS) is 1. The second-order valence-corrected chi connectivity index (χ2v) is 5.08. The monoisotopic (exact) mass is 307 g/mol. The minimum atomic E-state index is -1.25. The van der Waals surface area contributed by atoms with E-state index in [1.807, 2.05) is 42.5 Å². The van der Waals surface area contributed by atoms with Crippen LogP contribution in [-0.4, -0.2) is 13.1 Å². The molecule has 0 aromatic heterocycles. The molecule has 0 saturated carbocycles. The summed E-state index contributed by atoms with van der Waals surface area (Å²) in [7, 11) is 1.47. The Kier molecular flexibility index (Phi) is 4.15. The summed E-state index contributed by atoms with van der Waals surface area (Å²) in [6.07, 6.45) is 0. The molecule has 0 aliphatic heterocycles. The molecule has 116 valence electrons. The third-order valence-corrected chi connectivity index (χ3v) is 3.66. The summed E-state index contributed by atoms with van der Waals surface area (Å²) in [4.78, 5) is 10.9. The van der Waals surface area contributed by atoms with Crippen LogP contribution in [0.5, 0.6) is 11.5 Å². The van der Waals surface area contributed by atoms with Gasteiger partial charge in [0.2, 0.25) is 0 Å². The summed E-state index contributed by atoms with van der Waals surface area (Å²) in [6, 6.07) is 18.5. The second-order valence-electron chi connectivity index (χ2n) is 5.08. The number of carbonyl (C=O) groups is 1. The van der Waals surface area contributed by atoms with Crippen LogP contribution in [0.15, 0.2) is 60.7 Å². The predicted octanol–water partition coefficient (Wildman–Crippen LogP) is 2.79. The van der Waals surface area contributed by atoms with Crippen molar-refractivity contribution in [1.29, 1.82) is 0 Å². The van der Waals surface area contributed by atoms with Gasteiger partial charge in [0.05, 0.1) is 13.1 Å². The van der Waals surface area contributed by atoms with E-state index in [1.54, 1.807) is 6.07 Å². The van der Waals surface area contributed by atoms with Gasteiger partial charge in [-0.05, 0) is 34.5 Å². The fourth-order valence-corrected chi connectivity index (χ4v) is 2.49. The first-order chi connectivity index (χ1) is 11.2. The molecule has 3 aromatic carbocycles. The van der Waals surface area contributed by atoms with E-state index in [1.165, 1.54) is 19.2 Å². The average Bonchev–Trinajstić information content (AvgIpc) is 2.59. The van der Waals surface area contributed by atoms with Crippen LogP contribution in [0.1, 0.15) is 15.9 Å². The molecular weight excluding hydrogens is 292 g/mol. The van der Waals surface area contributed by atoms with Crippen LogP contribution in [-0.2, 0) is 6.61 Å². The molecule has 4 nitrogen and oxygen atoms in total. The lowest BCUT2D eigenvalue weighted by Crippen LogP contribution is -2.22. The number of hydrogen-bond acceptors (Lipinski definition) is 4. The van der Waals surface area contributed by atoms with Gasteiger partial charge in [0, 0.05) is 5.56 Å². The van der Waals surface area contributed by atoms with Gasteiger partial charge in [-0.15, -0.1) is 0 Å². The Hall–Kier alpha value is -3.01. The molecule has 0 aliphatic rings. The Labute approximate surface area is 133 Å². The fourth-order valence-electron chi connectivity index (χ4n) is 2.49. The van der Waals surface area contributed by atoms with E-state index in [4.69, 9.17) is 9.47 Å². The smallest absolute Gasteiger partial charge is 0.161 e. The predicted molar refractivity (Wildman–Crippen MR) is 85.6 cm³/mol. The maximum Gasteiger partial charge on any atom is 0.161 e. The lowest BCUT2D eigenvalue weighted by molar-refractivity contribution is -0.255. The normalized spacial score (nSPS) is 10.5. The van der Waals surface area contributed by atoms with E-state index in [9.17, 15) is 9.90 Å². The van der Waals surface area contributed by atoms with Crippen molar-refractivity contribution in [3.05, 3.63) is 71.8 Å². The first-order valence-electron chi connectivity index (χ1n) is 7.18. The van der Waals surface area contributed by atoms with Crippen LogP contribution in [0.3, 0.4) is 0 Å². The lowest BCUT2D eigenvalue weighted by atomic mass is 10.1. The molecule has 0 spiro atoms. The summed E-state index contributed by atoms with van der Waals surface area (Å²) in [5, 5.41) is 13.2. The number of fused-ring (bicyclic) bond motifs is 1. The molecule has 0 unspecified atom stereocenters. The van der Waals surface area contributed by atoms with Gasteiger partial charge < -0.3 is 19.4 Å². The van der Waals surface area contributed by atoms with Crippen LogP contribution in [0.2, 0.25) is 0 Å². The van der Waals surface area contributed by atoms with Crippen molar-refractivity contribution in [3.8, 4) is 11.5 Å². The zero-order valence-corrected chi connectivity index (χ0v) is 12.6. The van der Waals surface area contributed by atoms with Crippen LogP contribution < -0.4 is 14.6 Å². The number of ether oxygens (including phenoxy) is 2. The zero-order valence-electron chi connectivity index (χ0n) is 12.6. The minimum Gasteiger partial charge on any atom is -0.545 e. The van der Waals surface area contributed by atoms with Crippen molar-refractivity contribution >= 4 is 16.7 Å². The molecular formula is C19H15O4-. The summed E-state index contributed by atoms with van der Waals surface area (Å²) >= 11 is 0. The van der Waals surface area contributed by atoms with Crippen LogP contribution in [0, 0.1) is 0 Å². The molecule has 23 heavy (non-hydrogen) atoms. The Morgan fingerprint density at radius 2 is 1.78 bits per heavy atom. The van der Waals surface area contributed by atoms with Crippen molar-refractivity contribution in [3.63, 3.8) is 0 Å². The standard InChI is InChI=1S/C19H16O4/c1-22-18-11-14(19(20)21)9-10-17(18)23-12-15-7-4-6-13-5-2-3-8-16(13)15/h2-11H,12H2,1H3,(H,20,21)/p-1. The molecule has 0 atom stereocenters. The largest absolute Gasteiger partial charge is 0.545 e. The molecule has 0 heterocycles. The van der Waals surface area contributed by atoms with Gasteiger partial charge in [-0.3, -0.25) is 0 Å². The summed E-state index contributed by atoms with van der Waals surface area (Å²) in [5.41, 5.74) is 1.11. The van der Waals surface area contributed by atoms with Gasteiger partial charge in [-0.1, -0.05) is 42.5 Å². The lowest BCUT2D eigenvalue weighted by Gasteiger charge is -2.13. The van der Waals surface area contributed by atoms with Gasteiger partial charge in [0.25, 0.3) is 0 Å². The topological polar surface area (TPSA) is 58.6 Å². The van der Waals surface area contributed by atoms with Crippen molar-refractivity contribution in [1.82, 2.24) is 0 Å². The molecule has 0 amide bonds. The Balaban J connectivity index is 1.86. The van der Waals surface area contributed by atoms with Crippen LogP contribution in [0.25, 0.3) is 10.8 Å². The van der Waals surface area contributed by atoms with Gasteiger partial charge in [-0.25, -0.2) is 0 Å². The third-order valence-electron chi connectivity index (χ3n) is 3.66. The highest BCUT2D eigenvalue weighted by molar-refractivity contribution is 5.87. The van der Waals surface area contributed by atoms with Crippen molar-refractivity contribution < 1.29 is 19.4 Å². The molecule has 0 radical (unpaired) electrons. The molecule has 0 fully saturated rings. The Morgan fingerprint density at radius 1 is 1.00 bits per heavy atom. The van der Waals surface area contributed by atoms with E-state index in [0.29, 0.717) is 18.1 Å². The Bertz CT molecular complexity index is 850. The summed E-state index contributed by atoms with van der Waals surface area (Å²) in [6.45, 7) is 0.363. The summed E-state index contributed by atoms with van der Waals surface area (Å²) in [5.74, 6) is -0.388. The number of rotatable bonds is 5. The number of hydrogen-bond donors (Lipinski definition) is 0. The SMILES string of the molecule is COc1cc(C(=O)[O-])ccc1OCc1cccc2ccccc12. The van der Waals surface area contributed by atoms with E-state index >= 15 is 0 Å². The van der Waals surface area contributed by atoms with Crippen molar-refractivity contribution in [2.75, 3.05) is 7.11 Å². The van der Waals surface area contributed by atoms with Gasteiger partial charge in [-0.2, -0.15) is 0 Å². The number of methoxy groups -OCH3 is 1. The molecule has 3 rings (SSSR count). The van der Waals surface area contributed by atoms with E-state index in [-0.39, 0.29) is 5.56 Å². The first-order valence-corrected chi connectivity index (χ1v) is 7.18.